The van der Waals surface area contributed by atoms with Gasteiger partial charge in [0.05, 0.1) is 6.61 Å². The molecule has 3 rings (SSSR count). The van der Waals surface area contributed by atoms with Gasteiger partial charge in [0.2, 0.25) is 5.16 Å². The lowest BCUT2D eigenvalue weighted by molar-refractivity contribution is -0.137. The minimum absolute atomic E-state index is 0.0166. The number of tetrazole rings is 1. The Labute approximate surface area is 227 Å². The van der Waals surface area contributed by atoms with E-state index in [-0.39, 0.29) is 6.42 Å². The SMILES string of the molecule is O=C(O)CCCn1nnnc1SC(C(=O)O)c1ccccc1OCCCCCCCCCc1ccccc1. The van der Waals surface area contributed by atoms with Crippen LogP contribution in [0.4, 0.5) is 0 Å². The first-order chi connectivity index (χ1) is 18.5. The molecule has 0 aliphatic rings. The smallest absolute Gasteiger partial charge is 0.321 e. The fourth-order valence-electron chi connectivity index (χ4n) is 4.12. The molecule has 1 unspecified atom stereocenters. The molecule has 0 saturated heterocycles. The van der Waals surface area contributed by atoms with E-state index in [1.165, 1.54) is 35.9 Å². The first kappa shape index (κ1) is 29.2. The molecule has 0 bridgehead atoms. The molecule has 10 heteroatoms. The average molecular weight is 541 g/mol. The maximum Gasteiger partial charge on any atom is 0.321 e. The number of thioether (sulfide) groups is 1. The minimum Gasteiger partial charge on any atom is -0.493 e. The van der Waals surface area contributed by atoms with E-state index >= 15 is 0 Å². The third-order valence-corrected chi connectivity index (χ3v) is 7.31. The molecule has 0 fully saturated rings. The fraction of sp³-hybridized carbons (Fsp3) is 0.464. The van der Waals surface area contributed by atoms with Gasteiger partial charge in [0, 0.05) is 18.5 Å². The van der Waals surface area contributed by atoms with Gasteiger partial charge in [-0.25, -0.2) is 4.68 Å². The number of hydrogen-bond donors (Lipinski definition) is 2. The molecule has 0 spiro atoms. The summed E-state index contributed by atoms with van der Waals surface area (Å²) in [6.07, 6.45) is 9.54. The number of aromatic nitrogens is 4. The van der Waals surface area contributed by atoms with Crippen LogP contribution in [0.15, 0.2) is 59.8 Å². The van der Waals surface area contributed by atoms with Crippen LogP contribution in [-0.2, 0) is 22.6 Å². The van der Waals surface area contributed by atoms with Crippen molar-refractivity contribution < 1.29 is 24.5 Å². The molecule has 0 aliphatic heterocycles. The largest absolute Gasteiger partial charge is 0.493 e. The van der Waals surface area contributed by atoms with E-state index in [0.717, 1.165) is 37.4 Å². The van der Waals surface area contributed by atoms with Crippen molar-refractivity contribution in [2.45, 2.75) is 81.2 Å². The summed E-state index contributed by atoms with van der Waals surface area (Å²) in [5.41, 5.74) is 1.95. The lowest BCUT2D eigenvalue weighted by Crippen LogP contribution is -2.12. The number of ether oxygens (including phenoxy) is 1. The normalized spacial score (nSPS) is 11.8. The predicted molar refractivity (Wildman–Crippen MR) is 145 cm³/mol. The van der Waals surface area contributed by atoms with E-state index in [1.807, 2.05) is 6.07 Å². The van der Waals surface area contributed by atoms with Crippen molar-refractivity contribution in [1.82, 2.24) is 20.2 Å². The third-order valence-electron chi connectivity index (χ3n) is 6.12. The van der Waals surface area contributed by atoms with Gasteiger partial charge >= 0.3 is 11.9 Å². The number of carboxylic acids is 2. The Morgan fingerprint density at radius 1 is 0.868 bits per heavy atom. The van der Waals surface area contributed by atoms with Crippen LogP contribution in [0.25, 0.3) is 0 Å². The highest BCUT2D eigenvalue weighted by molar-refractivity contribution is 8.00. The van der Waals surface area contributed by atoms with Gasteiger partial charge in [-0.15, -0.1) is 5.10 Å². The van der Waals surface area contributed by atoms with Gasteiger partial charge in [0.1, 0.15) is 11.0 Å². The lowest BCUT2D eigenvalue weighted by atomic mass is 10.0. The molecule has 1 atom stereocenters. The van der Waals surface area contributed by atoms with Crippen molar-refractivity contribution in [3.63, 3.8) is 0 Å². The summed E-state index contributed by atoms with van der Waals surface area (Å²) in [5.74, 6) is -1.39. The van der Waals surface area contributed by atoms with Gasteiger partial charge in [-0.2, -0.15) is 0 Å². The Kier molecular flexibility index (Phi) is 12.6. The summed E-state index contributed by atoms with van der Waals surface area (Å²) < 4.78 is 7.44. The van der Waals surface area contributed by atoms with Gasteiger partial charge in [0.25, 0.3) is 0 Å². The van der Waals surface area contributed by atoms with Crippen LogP contribution >= 0.6 is 11.8 Å². The van der Waals surface area contributed by atoms with Crippen molar-refractivity contribution >= 4 is 23.7 Å². The Morgan fingerprint density at radius 3 is 2.29 bits per heavy atom. The highest BCUT2D eigenvalue weighted by Gasteiger charge is 2.27. The average Bonchev–Trinajstić information content (AvgIpc) is 3.36. The Balaban J connectivity index is 1.41. The summed E-state index contributed by atoms with van der Waals surface area (Å²) in [7, 11) is 0. The molecule has 2 N–H and O–H groups in total. The molecule has 1 heterocycles. The zero-order chi connectivity index (χ0) is 27.0. The molecule has 204 valence electrons. The van der Waals surface area contributed by atoms with Crippen LogP contribution in [0.2, 0.25) is 0 Å². The Hall–Kier alpha value is -3.40. The standard InChI is InChI=1S/C28H36N4O5S/c33-25(34)19-13-20-32-28(29-30-31-32)38-26(27(35)36)23-17-10-11-18-24(23)37-21-12-5-3-1-2-4-7-14-22-15-8-6-9-16-22/h6,8-11,15-18,26H,1-5,7,12-14,19-21H2,(H,33,34)(H,35,36). The number of benzene rings is 2. The van der Waals surface area contributed by atoms with Crippen LogP contribution < -0.4 is 4.74 Å². The zero-order valence-corrected chi connectivity index (χ0v) is 22.4. The van der Waals surface area contributed by atoms with Crippen LogP contribution in [0.3, 0.4) is 0 Å². The molecule has 1 aromatic heterocycles. The maximum atomic E-state index is 12.2. The molecular formula is C28H36N4O5S. The number of carboxylic acid groups (broad SMARTS) is 2. The van der Waals surface area contributed by atoms with E-state index in [1.54, 1.807) is 18.2 Å². The quantitative estimate of drug-likeness (QED) is 0.143. The molecule has 9 nitrogen and oxygen atoms in total. The Morgan fingerprint density at radius 2 is 1.55 bits per heavy atom. The van der Waals surface area contributed by atoms with E-state index in [9.17, 15) is 14.7 Å². The highest BCUT2D eigenvalue weighted by atomic mass is 32.2. The first-order valence-electron chi connectivity index (χ1n) is 13.2. The number of aliphatic carboxylic acids is 2. The van der Waals surface area contributed by atoms with Crippen LogP contribution in [0.5, 0.6) is 5.75 Å². The first-order valence-corrected chi connectivity index (χ1v) is 14.1. The topological polar surface area (TPSA) is 127 Å². The van der Waals surface area contributed by atoms with E-state index in [2.05, 4.69) is 45.9 Å². The number of carbonyl (C=O) groups is 2. The number of hydrogen-bond acceptors (Lipinski definition) is 7. The van der Waals surface area contributed by atoms with Crippen LogP contribution in [0.1, 0.15) is 74.2 Å². The highest BCUT2D eigenvalue weighted by Crippen LogP contribution is 2.38. The lowest BCUT2D eigenvalue weighted by Gasteiger charge is -2.17. The molecule has 0 radical (unpaired) electrons. The van der Waals surface area contributed by atoms with Gasteiger partial charge in [-0.1, -0.05) is 92.4 Å². The summed E-state index contributed by atoms with van der Waals surface area (Å²) in [6.45, 7) is 0.814. The molecule has 0 saturated carbocycles. The summed E-state index contributed by atoms with van der Waals surface area (Å²) in [4.78, 5) is 23.0. The van der Waals surface area contributed by atoms with Crippen molar-refractivity contribution in [3.05, 3.63) is 65.7 Å². The fourth-order valence-corrected chi connectivity index (χ4v) is 5.09. The molecule has 3 aromatic rings. The van der Waals surface area contributed by atoms with Gasteiger partial charge in [-0.05, 0) is 47.7 Å². The molecular weight excluding hydrogens is 504 g/mol. The predicted octanol–water partition coefficient (Wildman–Crippen LogP) is 5.81. The van der Waals surface area contributed by atoms with E-state index in [0.29, 0.717) is 36.0 Å². The van der Waals surface area contributed by atoms with Crippen molar-refractivity contribution in [2.24, 2.45) is 0 Å². The summed E-state index contributed by atoms with van der Waals surface area (Å²) in [6, 6.07) is 17.7. The summed E-state index contributed by atoms with van der Waals surface area (Å²) in [5, 5.41) is 29.6. The van der Waals surface area contributed by atoms with E-state index in [4.69, 9.17) is 9.84 Å². The monoisotopic (exact) mass is 540 g/mol. The van der Waals surface area contributed by atoms with Crippen molar-refractivity contribution in [2.75, 3.05) is 6.61 Å². The van der Waals surface area contributed by atoms with Crippen LogP contribution in [0, 0.1) is 0 Å². The number of nitrogens with zero attached hydrogens (tertiary/aromatic N) is 4. The van der Waals surface area contributed by atoms with Crippen molar-refractivity contribution in [1.29, 1.82) is 0 Å². The second-order valence-corrected chi connectivity index (χ2v) is 10.2. The number of rotatable bonds is 19. The number of aryl methyl sites for hydroxylation is 2. The molecule has 0 amide bonds. The zero-order valence-electron chi connectivity index (χ0n) is 21.6. The minimum atomic E-state index is -1.03. The molecule has 38 heavy (non-hydrogen) atoms. The maximum absolute atomic E-state index is 12.2. The van der Waals surface area contributed by atoms with Crippen molar-refractivity contribution in [3.8, 4) is 5.75 Å². The summed E-state index contributed by atoms with van der Waals surface area (Å²) >= 11 is 1.01. The van der Waals surface area contributed by atoms with Gasteiger partial charge < -0.3 is 14.9 Å². The van der Waals surface area contributed by atoms with E-state index < -0.39 is 17.2 Å². The van der Waals surface area contributed by atoms with Gasteiger partial charge in [0.15, 0.2) is 0 Å². The Bertz CT molecular complexity index is 1130. The molecule has 0 aliphatic carbocycles. The third kappa shape index (κ3) is 10.2. The number of para-hydroxylation sites is 1. The molecule has 2 aromatic carbocycles. The number of unbranched alkanes of at least 4 members (excludes halogenated alkanes) is 6. The van der Waals surface area contributed by atoms with Crippen LogP contribution in [-0.4, -0.2) is 49.0 Å². The second-order valence-electron chi connectivity index (χ2n) is 9.11. The second kappa shape index (κ2) is 16.4. The van der Waals surface area contributed by atoms with Gasteiger partial charge in [-0.3, -0.25) is 9.59 Å².